The summed E-state index contributed by atoms with van der Waals surface area (Å²) in [5, 5.41) is 0. The highest BCUT2D eigenvalue weighted by Crippen LogP contribution is 2.57. The molecule has 0 saturated heterocycles. The average molecular weight is 625 g/mol. The van der Waals surface area contributed by atoms with Gasteiger partial charge in [0, 0.05) is 16.7 Å². The summed E-state index contributed by atoms with van der Waals surface area (Å²) >= 11 is 0. The number of aromatic nitrogens is 2. The fourth-order valence-corrected chi connectivity index (χ4v) is 7.66. The molecule has 0 saturated carbocycles. The standard InChI is InChI=1S/C47H32N2/c1-4-17-33(18-5-1)44-32-45(34-19-6-2-7-20-34)49-46(48-44)36-22-16-21-35(31-36)38-25-10-13-28-41(38)47(37-23-8-3-9-24-37)42-29-14-11-26-39(42)40-27-12-15-30-43(40)47/h1-32H. The molecule has 1 heterocycles. The molecule has 7 aromatic carbocycles. The van der Waals surface area contributed by atoms with E-state index in [1.807, 2.05) is 12.1 Å². The van der Waals surface area contributed by atoms with Crippen molar-refractivity contribution in [2.24, 2.45) is 0 Å². The molecular formula is C47H32N2. The molecule has 2 nitrogen and oxygen atoms in total. The first-order valence-electron chi connectivity index (χ1n) is 16.8. The van der Waals surface area contributed by atoms with Gasteiger partial charge in [0.15, 0.2) is 5.82 Å². The van der Waals surface area contributed by atoms with Crippen LogP contribution in [0.1, 0.15) is 22.3 Å². The van der Waals surface area contributed by atoms with Crippen molar-refractivity contribution in [3.8, 4) is 56.2 Å². The highest BCUT2D eigenvalue weighted by Gasteiger charge is 2.46. The van der Waals surface area contributed by atoms with Gasteiger partial charge in [0.05, 0.1) is 16.8 Å². The fraction of sp³-hybridized carbons (Fsp3) is 0.0213. The summed E-state index contributed by atoms with van der Waals surface area (Å²) in [6.07, 6.45) is 0. The number of nitrogens with zero attached hydrogens (tertiary/aromatic N) is 2. The molecule has 1 aromatic heterocycles. The molecule has 0 N–H and O–H groups in total. The second-order valence-electron chi connectivity index (χ2n) is 12.5. The molecule has 8 aromatic rings. The Bertz CT molecular complexity index is 2330. The Labute approximate surface area is 287 Å². The number of rotatable bonds is 6. The summed E-state index contributed by atoms with van der Waals surface area (Å²) < 4.78 is 0. The molecule has 49 heavy (non-hydrogen) atoms. The van der Waals surface area contributed by atoms with E-state index in [-0.39, 0.29) is 0 Å². The summed E-state index contributed by atoms with van der Waals surface area (Å²) in [4.78, 5) is 10.3. The summed E-state index contributed by atoms with van der Waals surface area (Å²) in [5.41, 5.74) is 14.4. The molecule has 0 unspecified atom stereocenters. The van der Waals surface area contributed by atoms with E-state index < -0.39 is 5.41 Å². The van der Waals surface area contributed by atoms with Crippen LogP contribution in [0.15, 0.2) is 194 Å². The van der Waals surface area contributed by atoms with E-state index in [1.54, 1.807) is 0 Å². The van der Waals surface area contributed by atoms with Crippen LogP contribution in [0.3, 0.4) is 0 Å². The molecule has 0 radical (unpaired) electrons. The van der Waals surface area contributed by atoms with Crippen molar-refractivity contribution in [3.63, 3.8) is 0 Å². The second-order valence-corrected chi connectivity index (χ2v) is 12.5. The third-order valence-electron chi connectivity index (χ3n) is 9.79. The van der Waals surface area contributed by atoms with Gasteiger partial charge in [-0.05, 0) is 56.6 Å². The highest BCUT2D eigenvalue weighted by atomic mass is 14.9. The maximum Gasteiger partial charge on any atom is 0.160 e. The lowest BCUT2D eigenvalue weighted by molar-refractivity contribution is 0.770. The zero-order valence-corrected chi connectivity index (χ0v) is 26.9. The van der Waals surface area contributed by atoms with Gasteiger partial charge in [-0.15, -0.1) is 0 Å². The third kappa shape index (κ3) is 4.80. The van der Waals surface area contributed by atoms with E-state index >= 15 is 0 Å². The van der Waals surface area contributed by atoms with Crippen molar-refractivity contribution in [1.82, 2.24) is 9.97 Å². The lowest BCUT2D eigenvalue weighted by atomic mass is 9.66. The Morgan fingerprint density at radius 3 is 1.27 bits per heavy atom. The summed E-state index contributed by atoms with van der Waals surface area (Å²) in [7, 11) is 0. The third-order valence-corrected chi connectivity index (χ3v) is 9.79. The number of hydrogen-bond acceptors (Lipinski definition) is 2. The monoisotopic (exact) mass is 624 g/mol. The predicted molar refractivity (Wildman–Crippen MR) is 201 cm³/mol. The molecule has 1 aliphatic carbocycles. The van der Waals surface area contributed by atoms with E-state index in [0.29, 0.717) is 5.82 Å². The first-order valence-corrected chi connectivity index (χ1v) is 16.8. The van der Waals surface area contributed by atoms with E-state index in [2.05, 4.69) is 182 Å². The SMILES string of the molecule is c1ccc(-c2cc(-c3ccccc3)nc(-c3cccc(-c4ccccc4C4(c5ccccc5)c5ccccc5-c5ccccc54)c3)n2)cc1. The Balaban J connectivity index is 1.26. The zero-order valence-electron chi connectivity index (χ0n) is 26.9. The van der Waals surface area contributed by atoms with Crippen molar-refractivity contribution >= 4 is 0 Å². The normalized spacial score (nSPS) is 12.7. The first-order chi connectivity index (χ1) is 24.3. The van der Waals surface area contributed by atoms with Gasteiger partial charge in [0.2, 0.25) is 0 Å². The van der Waals surface area contributed by atoms with Crippen LogP contribution < -0.4 is 0 Å². The largest absolute Gasteiger partial charge is 0.228 e. The lowest BCUT2D eigenvalue weighted by Crippen LogP contribution is -2.29. The van der Waals surface area contributed by atoms with E-state index in [1.165, 1.54) is 38.9 Å². The summed E-state index contributed by atoms with van der Waals surface area (Å²) in [5.74, 6) is 0.703. The number of fused-ring (bicyclic) bond motifs is 3. The van der Waals surface area contributed by atoms with Crippen molar-refractivity contribution in [1.29, 1.82) is 0 Å². The van der Waals surface area contributed by atoms with Gasteiger partial charge in [-0.3, -0.25) is 0 Å². The second kappa shape index (κ2) is 12.0. The van der Waals surface area contributed by atoms with Gasteiger partial charge >= 0.3 is 0 Å². The molecule has 0 amide bonds. The Morgan fingerprint density at radius 1 is 0.306 bits per heavy atom. The fourth-order valence-electron chi connectivity index (χ4n) is 7.66. The van der Waals surface area contributed by atoms with Crippen molar-refractivity contribution in [3.05, 3.63) is 216 Å². The van der Waals surface area contributed by atoms with Gasteiger partial charge < -0.3 is 0 Å². The number of hydrogen-bond donors (Lipinski definition) is 0. The topological polar surface area (TPSA) is 25.8 Å². The predicted octanol–water partition coefficient (Wildman–Crippen LogP) is 11.5. The highest BCUT2D eigenvalue weighted by molar-refractivity contribution is 5.89. The van der Waals surface area contributed by atoms with Crippen LogP contribution in [-0.2, 0) is 5.41 Å². The molecule has 1 aliphatic rings. The van der Waals surface area contributed by atoms with E-state index in [4.69, 9.17) is 9.97 Å². The van der Waals surface area contributed by atoms with Crippen LogP contribution in [0.4, 0.5) is 0 Å². The quantitative estimate of drug-likeness (QED) is 0.184. The maximum atomic E-state index is 5.14. The van der Waals surface area contributed by atoms with E-state index in [9.17, 15) is 0 Å². The lowest BCUT2D eigenvalue weighted by Gasteiger charge is -2.35. The van der Waals surface area contributed by atoms with Crippen LogP contribution in [0, 0.1) is 0 Å². The van der Waals surface area contributed by atoms with Gasteiger partial charge in [0.1, 0.15) is 0 Å². The minimum absolute atomic E-state index is 0.495. The van der Waals surface area contributed by atoms with Crippen molar-refractivity contribution < 1.29 is 0 Å². The zero-order chi connectivity index (χ0) is 32.6. The molecule has 0 atom stereocenters. The van der Waals surface area contributed by atoms with Crippen LogP contribution in [0.25, 0.3) is 56.2 Å². The minimum Gasteiger partial charge on any atom is -0.228 e. The van der Waals surface area contributed by atoms with Gasteiger partial charge in [0.25, 0.3) is 0 Å². The molecule has 0 fully saturated rings. The van der Waals surface area contributed by atoms with Crippen molar-refractivity contribution in [2.75, 3.05) is 0 Å². The van der Waals surface area contributed by atoms with Gasteiger partial charge in [-0.2, -0.15) is 0 Å². The van der Waals surface area contributed by atoms with Crippen LogP contribution in [-0.4, -0.2) is 9.97 Å². The Morgan fingerprint density at radius 2 is 0.714 bits per heavy atom. The molecule has 9 rings (SSSR count). The number of benzene rings is 7. The molecule has 0 aliphatic heterocycles. The van der Waals surface area contributed by atoms with Gasteiger partial charge in [-0.1, -0.05) is 182 Å². The Hall–Kier alpha value is -6.38. The summed E-state index contributed by atoms with van der Waals surface area (Å²) in [6, 6.07) is 69.2. The van der Waals surface area contributed by atoms with E-state index in [0.717, 1.165) is 33.6 Å². The smallest absolute Gasteiger partial charge is 0.160 e. The molecule has 0 spiro atoms. The molecular weight excluding hydrogens is 593 g/mol. The molecule has 230 valence electrons. The molecule has 0 bridgehead atoms. The Kier molecular flexibility index (Phi) is 7.06. The van der Waals surface area contributed by atoms with Crippen LogP contribution >= 0.6 is 0 Å². The first kappa shape index (κ1) is 28.8. The van der Waals surface area contributed by atoms with Crippen LogP contribution in [0.2, 0.25) is 0 Å². The maximum absolute atomic E-state index is 5.14. The average Bonchev–Trinajstić information content (AvgIpc) is 3.50. The van der Waals surface area contributed by atoms with Gasteiger partial charge in [-0.25, -0.2) is 9.97 Å². The van der Waals surface area contributed by atoms with Crippen LogP contribution in [0.5, 0.6) is 0 Å². The summed E-state index contributed by atoms with van der Waals surface area (Å²) in [6.45, 7) is 0. The minimum atomic E-state index is -0.495. The van der Waals surface area contributed by atoms with Crippen molar-refractivity contribution in [2.45, 2.75) is 5.41 Å². The molecule has 2 heteroatoms.